The first-order chi connectivity index (χ1) is 7.58. The van der Waals surface area contributed by atoms with Gasteiger partial charge >= 0.3 is 0 Å². The summed E-state index contributed by atoms with van der Waals surface area (Å²) in [4.78, 5) is 0. The summed E-state index contributed by atoms with van der Waals surface area (Å²) in [5, 5.41) is 14.0. The Morgan fingerprint density at radius 3 is 2.94 bits per heavy atom. The van der Waals surface area contributed by atoms with Crippen molar-refractivity contribution in [3.63, 3.8) is 0 Å². The van der Waals surface area contributed by atoms with Gasteiger partial charge in [-0.2, -0.15) is 0 Å². The second-order valence-corrected chi connectivity index (χ2v) is 4.81. The average Bonchev–Trinajstić information content (AvgIpc) is 2.21. The van der Waals surface area contributed by atoms with Gasteiger partial charge in [-0.3, -0.25) is 0 Å². The zero-order valence-electron chi connectivity index (χ0n) is 9.65. The Kier molecular flexibility index (Phi) is 5.07. The second kappa shape index (κ2) is 5.91. The van der Waals surface area contributed by atoms with Crippen molar-refractivity contribution in [3.8, 4) is 5.75 Å². The van der Waals surface area contributed by atoms with E-state index in [2.05, 4.69) is 5.32 Å². The lowest BCUT2D eigenvalue weighted by Gasteiger charge is -2.37. The smallest absolute Gasteiger partial charge is 0.139 e. The highest BCUT2D eigenvalue weighted by atomic mass is 35.5. The zero-order chi connectivity index (χ0) is 11.6. The maximum atomic E-state index is 10.2. The fourth-order valence-corrected chi connectivity index (χ4v) is 2.01. The molecular weight excluding hydrogens is 261 g/mol. The molecule has 96 valence electrons. The molecule has 0 spiro atoms. The van der Waals surface area contributed by atoms with Crippen molar-refractivity contribution in [2.45, 2.75) is 25.0 Å². The second-order valence-electron chi connectivity index (χ2n) is 4.38. The first-order valence-electron chi connectivity index (χ1n) is 5.43. The highest BCUT2D eigenvalue weighted by Gasteiger charge is 2.36. The van der Waals surface area contributed by atoms with Gasteiger partial charge in [0.25, 0.3) is 0 Å². The molecule has 0 amide bonds. The normalized spacial score (nSPS) is 28.3. The number of hydrogen-bond acceptors (Lipinski definition) is 3. The maximum absolute atomic E-state index is 10.2. The summed E-state index contributed by atoms with van der Waals surface area (Å²) in [7, 11) is 0. The van der Waals surface area contributed by atoms with Crippen LogP contribution in [0.2, 0.25) is 5.02 Å². The van der Waals surface area contributed by atoms with E-state index >= 15 is 0 Å². The lowest BCUT2D eigenvalue weighted by molar-refractivity contribution is -0.0657. The first kappa shape index (κ1) is 14.6. The number of ether oxygens (including phenoxy) is 1. The quantitative estimate of drug-likeness (QED) is 0.872. The Labute approximate surface area is 113 Å². The monoisotopic (exact) mass is 277 g/mol. The van der Waals surface area contributed by atoms with Gasteiger partial charge in [0.15, 0.2) is 0 Å². The number of benzene rings is 1. The van der Waals surface area contributed by atoms with E-state index in [4.69, 9.17) is 16.3 Å². The van der Waals surface area contributed by atoms with Gasteiger partial charge in [-0.1, -0.05) is 17.7 Å². The van der Waals surface area contributed by atoms with E-state index in [-0.39, 0.29) is 18.5 Å². The summed E-state index contributed by atoms with van der Waals surface area (Å²) in [6.45, 7) is 3.28. The van der Waals surface area contributed by atoms with Crippen molar-refractivity contribution in [1.29, 1.82) is 0 Å². The van der Waals surface area contributed by atoms with Crippen LogP contribution in [0.25, 0.3) is 0 Å². The van der Waals surface area contributed by atoms with Crippen LogP contribution in [0.5, 0.6) is 5.75 Å². The summed E-state index contributed by atoms with van der Waals surface area (Å²) in [6, 6.07) is 7.23. The molecule has 0 bridgehead atoms. The van der Waals surface area contributed by atoms with Gasteiger partial charge in [-0.15, -0.1) is 12.4 Å². The Balaban J connectivity index is 0.00000144. The van der Waals surface area contributed by atoms with Crippen LogP contribution in [-0.2, 0) is 0 Å². The number of nitrogens with one attached hydrogen (secondary N) is 1. The lowest BCUT2D eigenvalue weighted by atomic mass is 9.92. The number of aliphatic hydroxyl groups is 1. The molecule has 3 nitrogen and oxygen atoms in total. The Bertz CT molecular complexity index is 371. The number of rotatable bonds is 2. The van der Waals surface area contributed by atoms with Crippen LogP contribution < -0.4 is 10.1 Å². The Morgan fingerprint density at radius 2 is 2.29 bits per heavy atom. The lowest BCUT2D eigenvalue weighted by Crippen LogP contribution is -2.54. The Morgan fingerprint density at radius 1 is 1.53 bits per heavy atom. The van der Waals surface area contributed by atoms with E-state index in [0.29, 0.717) is 23.7 Å². The molecule has 5 heteroatoms. The SMILES string of the molecule is C[C@]1(O)CCNC[C@@H]1Oc1cccc(Cl)c1.Cl. The molecule has 0 aliphatic carbocycles. The molecule has 2 N–H and O–H groups in total. The van der Waals surface area contributed by atoms with E-state index in [9.17, 15) is 5.11 Å². The molecule has 1 fully saturated rings. The van der Waals surface area contributed by atoms with E-state index in [1.165, 1.54) is 0 Å². The van der Waals surface area contributed by atoms with Crippen LogP contribution in [0.15, 0.2) is 24.3 Å². The highest BCUT2D eigenvalue weighted by Crippen LogP contribution is 2.25. The summed E-state index contributed by atoms with van der Waals surface area (Å²) in [5.74, 6) is 0.696. The van der Waals surface area contributed by atoms with E-state index in [1.807, 2.05) is 19.1 Å². The van der Waals surface area contributed by atoms with Crippen molar-refractivity contribution < 1.29 is 9.84 Å². The molecule has 1 heterocycles. The van der Waals surface area contributed by atoms with Crippen LogP contribution in [0.3, 0.4) is 0 Å². The fraction of sp³-hybridized carbons (Fsp3) is 0.500. The molecule has 2 atom stereocenters. The molecule has 0 aromatic heterocycles. The minimum absolute atomic E-state index is 0. The van der Waals surface area contributed by atoms with Crippen molar-refractivity contribution in [2.24, 2.45) is 0 Å². The summed E-state index contributed by atoms with van der Waals surface area (Å²) >= 11 is 5.88. The third-order valence-corrected chi connectivity index (χ3v) is 3.14. The molecule has 1 aromatic rings. The van der Waals surface area contributed by atoms with Crippen molar-refractivity contribution >= 4 is 24.0 Å². The molecule has 0 radical (unpaired) electrons. The molecule has 17 heavy (non-hydrogen) atoms. The molecule has 1 aliphatic heterocycles. The molecule has 2 rings (SSSR count). The molecular formula is C12H17Cl2NO2. The van der Waals surface area contributed by atoms with Crippen molar-refractivity contribution in [2.75, 3.05) is 13.1 Å². The third kappa shape index (κ3) is 3.75. The van der Waals surface area contributed by atoms with E-state index in [1.54, 1.807) is 12.1 Å². The van der Waals surface area contributed by atoms with Crippen molar-refractivity contribution in [1.82, 2.24) is 5.32 Å². The molecule has 1 saturated heterocycles. The number of piperidine rings is 1. The van der Waals surface area contributed by atoms with Gasteiger partial charge in [0.05, 0.1) is 0 Å². The third-order valence-electron chi connectivity index (χ3n) is 2.91. The fourth-order valence-electron chi connectivity index (χ4n) is 1.83. The van der Waals surface area contributed by atoms with Crippen molar-refractivity contribution in [3.05, 3.63) is 29.3 Å². The molecule has 0 saturated carbocycles. The molecule has 0 unspecified atom stereocenters. The summed E-state index contributed by atoms with van der Waals surface area (Å²) in [5.41, 5.74) is -0.784. The van der Waals surface area contributed by atoms with Crippen LogP contribution in [-0.4, -0.2) is 29.9 Å². The predicted molar refractivity (Wildman–Crippen MR) is 71.2 cm³/mol. The largest absolute Gasteiger partial charge is 0.486 e. The predicted octanol–water partition coefficient (Wildman–Crippen LogP) is 2.25. The van der Waals surface area contributed by atoms with Crippen LogP contribution in [0, 0.1) is 0 Å². The standard InChI is InChI=1S/C12H16ClNO2.ClH/c1-12(15)5-6-14-8-11(12)16-10-4-2-3-9(13)7-10;/h2-4,7,11,14-15H,5-6,8H2,1H3;1H/t11-,12-;/m0./s1. The van der Waals surface area contributed by atoms with Gasteiger partial charge in [-0.05, 0) is 38.1 Å². The number of hydrogen-bond donors (Lipinski definition) is 2. The van der Waals surface area contributed by atoms with Gasteiger partial charge in [-0.25, -0.2) is 0 Å². The van der Waals surface area contributed by atoms with Gasteiger partial charge in [0, 0.05) is 11.6 Å². The van der Waals surface area contributed by atoms with Crippen LogP contribution >= 0.6 is 24.0 Å². The maximum Gasteiger partial charge on any atom is 0.139 e. The zero-order valence-corrected chi connectivity index (χ0v) is 11.2. The average molecular weight is 278 g/mol. The van der Waals surface area contributed by atoms with Gasteiger partial charge < -0.3 is 15.2 Å². The Hall–Kier alpha value is -0.480. The molecule has 1 aliphatic rings. The van der Waals surface area contributed by atoms with Crippen LogP contribution in [0.1, 0.15) is 13.3 Å². The van der Waals surface area contributed by atoms with Crippen LogP contribution in [0.4, 0.5) is 0 Å². The van der Waals surface area contributed by atoms with E-state index < -0.39 is 5.60 Å². The first-order valence-corrected chi connectivity index (χ1v) is 5.81. The highest BCUT2D eigenvalue weighted by molar-refractivity contribution is 6.30. The number of halogens is 2. The molecule has 1 aromatic carbocycles. The topological polar surface area (TPSA) is 41.5 Å². The van der Waals surface area contributed by atoms with Gasteiger partial charge in [0.2, 0.25) is 0 Å². The summed E-state index contributed by atoms with van der Waals surface area (Å²) in [6.07, 6.45) is 0.456. The summed E-state index contributed by atoms with van der Waals surface area (Å²) < 4.78 is 5.75. The minimum atomic E-state index is -0.784. The van der Waals surface area contributed by atoms with Gasteiger partial charge in [0.1, 0.15) is 17.5 Å². The minimum Gasteiger partial charge on any atom is -0.486 e. The van der Waals surface area contributed by atoms with E-state index in [0.717, 1.165) is 6.54 Å².